The Kier molecular flexibility index (Phi) is 8.27. The number of benzene rings is 2. The number of hydrogen-bond donors (Lipinski definition) is 2. The lowest BCUT2D eigenvalue weighted by molar-refractivity contribution is -0.125. The van der Waals surface area contributed by atoms with Crippen LogP contribution >= 0.6 is 0 Å². The maximum Gasteiger partial charge on any atom is 0.359 e. The van der Waals surface area contributed by atoms with Gasteiger partial charge in [0.1, 0.15) is 0 Å². The zero-order chi connectivity index (χ0) is 28.8. The smallest absolute Gasteiger partial charge is 0.359 e. The van der Waals surface area contributed by atoms with Gasteiger partial charge in [0.2, 0.25) is 0 Å². The molecule has 2 N–H and O–H groups in total. The minimum atomic E-state index is -0.877. The van der Waals surface area contributed by atoms with E-state index in [1.165, 1.54) is 14.1 Å². The lowest BCUT2D eigenvalue weighted by atomic mass is 10.1. The Balaban J connectivity index is 1.21. The van der Waals surface area contributed by atoms with Crippen LogP contribution in [0.5, 0.6) is 0 Å². The number of carbonyl (C=O) groups excluding carboxylic acids is 4. The Morgan fingerprint density at radius 2 is 1.00 bits per heavy atom. The minimum Gasteiger partial charge on any atom is -0.451 e. The van der Waals surface area contributed by atoms with E-state index in [0.29, 0.717) is 10.8 Å². The van der Waals surface area contributed by atoms with E-state index < -0.39 is 37.0 Å². The van der Waals surface area contributed by atoms with E-state index in [1.54, 1.807) is 48.5 Å². The van der Waals surface area contributed by atoms with E-state index in [-0.39, 0.29) is 46.4 Å². The first-order valence-electron chi connectivity index (χ1n) is 12.0. The first-order valence-corrected chi connectivity index (χ1v) is 12.0. The van der Waals surface area contributed by atoms with Crippen LogP contribution < -0.4 is 21.8 Å². The maximum absolute atomic E-state index is 12.5. The Morgan fingerprint density at radius 3 is 1.38 bits per heavy atom. The summed E-state index contributed by atoms with van der Waals surface area (Å²) >= 11 is 0. The predicted octanol–water partition coefficient (Wildman–Crippen LogP) is -0.573. The number of fused-ring (bicyclic) bond motifs is 2. The second kappa shape index (κ2) is 12.0. The van der Waals surface area contributed by atoms with E-state index in [0.717, 1.165) is 9.36 Å². The molecule has 4 aromatic rings. The molecule has 2 heterocycles. The van der Waals surface area contributed by atoms with Gasteiger partial charge in [0, 0.05) is 38.0 Å². The van der Waals surface area contributed by atoms with Crippen molar-refractivity contribution in [1.29, 1.82) is 0 Å². The normalized spacial score (nSPS) is 10.8. The van der Waals surface area contributed by atoms with Gasteiger partial charge in [-0.05, 0) is 12.1 Å². The SMILES string of the molecule is Cn1nc(C(=O)OCC(=O)NCCNC(=O)COC(=O)c2nn(C)c(=O)c3ccccc23)c2ccccc2c1=O. The third kappa shape index (κ3) is 6.01. The molecular formula is C26H24N6O8. The average molecular weight is 549 g/mol. The molecule has 0 atom stereocenters. The van der Waals surface area contributed by atoms with Gasteiger partial charge in [-0.2, -0.15) is 10.2 Å². The highest BCUT2D eigenvalue weighted by Gasteiger charge is 2.19. The first-order chi connectivity index (χ1) is 19.2. The van der Waals surface area contributed by atoms with Crippen molar-refractivity contribution in [3.8, 4) is 0 Å². The van der Waals surface area contributed by atoms with E-state index in [9.17, 15) is 28.8 Å². The van der Waals surface area contributed by atoms with Crippen molar-refractivity contribution in [3.05, 3.63) is 80.6 Å². The lowest BCUT2D eigenvalue weighted by Gasteiger charge is -2.10. The van der Waals surface area contributed by atoms with Gasteiger partial charge < -0.3 is 20.1 Å². The highest BCUT2D eigenvalue weighted by molar-refractivity contribution is 6.03. The topological polar surface area (TPSA) is 181 Å². The Hall–Kier alpha value is -5.40. The van der Waals surface area contributed by atoms with Crippen LogP contribution in [0.1, 0.15) is 21.0 Å². The number of amides is 2. The fraction of sp³-hybridized carbons (Fsp3) is 0.231. The summed E-state index contributed by atoms with van der Waals surface area (Å²) in [4.78, 5) is 73.5. The Morgan fingerprint density at radius 1 is 0.650 bits per heavy atom. The number of rotatable bonds is 9. The van der Waals surface area contributed by atoms with Crippen molar-refractivity contribution in [3.63, 3.8) is 0 Å². The Bertz CT molecular complexity index is 1630. The molecule has 14 nitrogen and oxygen atoms in total. The van der Waals surface area contributed by atoms with Crippen LogP contribution in [0, 0.1) is 0 Å². The fourth-order valence-electron chi connectivity index (χ4n) is 3.81. The Labute approximate surface area is 225 Å². The summed E-state index contributed by atoms with van der Waals surface area (Å²) in [5.74, 6) is -3.01. The summed E-state index contributed by atoms with van der Waals surface area (Å²) in [6.07, 6.45) is 0. The van der Waals surface area contributed by atoms with E-state index in [4.69, 9.17) is 9.47 Å². The molecule has 0 bridgehead atoms. The molecule has 0 fully saturated rings. The molecule has 0 aliphatic carbocycles. The fourth-order valence-corrected chi connectivity index (χ4v) is 3.81. The molecule has 2 aromatic carbocycles. The number of carbonyl (C=O) groups is 4. The number of aryl methyl sites for hydroxylation is 2. The van der Waals surface area contributed by atoms with Crippen molar-refractivity contribution < 1.29 is 28.7 Å². The van der Waals surface area contributed by atoms with Gasteiger partial charge in [0.15, 0.2) is 24.6 Å². The molecule has 0 saturated heterocycles. The second-order valence-corrected chi connectivity index (χ2v) is 8.50. The molecule has 4 rings (SSSR count). The van der Waals surface area contributed by atoms with Crippen molar-refractivity contribution in [1.82, 2.24) is 30.2 Å². The molecule has 0 unspecified atom stereocenters. The van der Waals surface area contributed by atoms with Gasteiger partial charge in [-0.15, -0.1) is 0 Å². The molecular weight excluding hydrogens is 524 g/mol. The molecule has 0 spiro atoms. The molecule has 0 aliphatic heterocycles. The van der Waals surface area contributed by atoms with Crippen LogP contribution in [0.3, 0.4) is 0 Å². The highest BCUT2D eigenvalue weighted by Crippen LogP contribution is 2.15. The van der Waals surface area contributed by atoms with Gasteiger partial charge in [0.05, 0.1) is 10.8 Å². The van der Waals surface area contributed by atoms with Gasteiger partial charge in [-0.1, -0.05) is 36.4 Å². The summed E-state index contributed by atoms with van der Waals surface area (Å²) in [5.41, 5.74) is -0.959. The van der Waals surface area contributed by atoms with Crippen molar-refractivity contribution in [2.75, 3.05) is 26.3 Å². The number of aromatic nitrogens is 4. The number of nitrogens with one attached hydrogen (secondary N) is 2. The first kappa shape index (κ1) is 27.6. The van der Waals surface area contributed by atoms with Crippen LogP contribution in [-0.2, 0) is 33.2 Å². The summed E-state index contributed by atoms with van der Waals surface area (Å²) in [7, 11) is 2.80. The molecule has 14 heteroatoms. The van der Waals surface area contributed by atoms with Crippen LogP contribution in [-0.4, -0.2) is 69.6 Å². The zero-order valence-electron chi connectivity index (χ0n) is 21.5. The summed E-state index contributed by atoms with van der Waals surface area (Å²) < 4.78 is 12.1. The van der Waals surface area contributed by atoms with Crippen LogP contribution in [0.2, 0.25) is 0 Å². The predicted molar refractivity (Wildman–Crippen MR) is 141 cm³/mol. The quantitative estimate of drug-likeness (QED) is 0.203. The highest BCUT2D eigenvalue weighted by atomic mass is 16.5. The van der Waals surface area contributed by atoms with Crippen LogP contribution in [0.4, 0.5) is 0 Å². The largest absolute Gasteiger partial charge is 0.451 e. The average Bonchev–Trinajstić information content (AvgIpc) is 2.96. The van der Waals surface area contributed by atoms with Gasteiger partial charge in [-0.3, -0.25) is 19.2 Å². The molecule has 0 radical (unpaired) electrons. The zero-order valence-corrected chi connectivity index (χ0v) is 21.5. The van der Waals surface area contributed by atoms with Gasteiger partial charge in [0.25, 0.3) is 22.9 Å². The van der Waals surface area contributed by atoms with Gasteiger partial charge >= 0.3 is 11.9 Å². The molecule has 2 amide bonds. The third-order valence-electron chi connectivity index (χ3n) is 5.74. The summed E-state index contributed by atoms with van der Waals surface area (Å²) in [6, 6.07) is 12.8. The summed E-state index contributed by atoms with van der Waals surface area (Å²) in [5, 5.41) is 14.0. The molecule has 0 saturated carbocycles. The monoisotopic (exact) mass is 548 g/mol. The number of nitrogens with zero attached hydrogens (tertiary/aromatic N) is 4. The summed E-state index contributed by atoms with van der Waals surface area (Å²) in [6.45, 7) is -1.21. The van der Waals surface area contributed by atoms with Gasteiger partial charge in [-0.25, -0.2) is 19.0 Å². The number of ether oxygens (including phenoxy) is 2. The lowest BCUT2D eigenvalue weighted by Crippen LogP contribution is -2.38. The minimum absolute atomic E-state index is 0.00405. The van der Waals surface area contributed by atoms with Crippen molar-refractivity contribution >= 4 is 45.3 Å². The molecule has 40 heavy (non-hydrogen) atoms. The van der Waals surface area contributed by atoms with E-state index >= 15 is 0 Å². The molecule has 2 aromatic heterocycles. The molecule has 206 valence electrons. The third-order valence-corrected chi connectivity index (χ3v) is 5.74. The second-order valence-electron chi connectivity index (χ2n) is 8.50. The maximum atomic E-state index is 12.5. The van der Waals surface area contributed by atoms with Crippen molar-refractivity contribution in [2.45, 2.75) is 0 Å². The van der Waals surface area contributed by atoms with Crippen LogP contribution in [0.25, 0.3) is 21.5 Å². The van der Waals surface area contributed by atoms with E-state index in [2.05, 4.69) is 20.8 Å². The standard InChI is InChI=1S/C26H24N6O8/c1-31-23(35)17-9-5-3-7-15(17)21(29-31)25(37)39-13-19(33)27-11-12-28-20(34)14-40-26(38)22-16-8-4-6-10-18(16)24(36)32(2)30-22/h3-10H,11-14H2,1-2H3,(H,27,33)(H,28,34). The number of hydrogen-bond acceptors (Lipinski definition) is 10. The number of esters is 2. The van der Waals surface area contributed by atoms with Crippen molar-refractivity contribution in [2.24, 2.45) is 14.1 Å². The van der Waals surface area contributed by atoms with E-state index in [1.807, 2.05) is 0 Å². The molecule has 0 aliphatic rings. The van der Waals surface area contributed by atoms with Crippen LogP contribution in [0.15, 0.2) is 58.1 Å².